The van der Waals surface area contributed by atoms with Gasteiger partial charge in [-0.3, -0.25) is 4.90 Å². The van der Waals surface area contributed by atoms with Crippen molar-refractivity contribution in [3.8, 4) is 0 Å². The van der Waals surface area contributed by atoms with E-state index in [1.165, 1.54) is 0 Å². The SMILES string of the molecule is CC(C)CCOCCN(CCO)C(C)C. The fourth-order valence-corrected chi connectivity index (χ4v) is 1.36. The first-order valence-corrected chi connectivity index (χ1v) is 6.00. The second kappa shape index (κ2) is 9.13. The third-order valence-corrected chi connectivity index (χ3v) is 2.48. The van der Waals surface area contributed by atoms with Gasteiger partial charge in [0.1, 0.15) is 0 Å². The van der Waals surface area contributed by atoms with E-state index < -0.39 is 0 Å². The smallest absolute Gasteiger partial charge is 0.0593 e. The lowest BCUT2D eigenvalue weighted by atomic mass is 10.1. The molecule has 0 aliphatic heterocycles. The molecule has 0 radical (unpaired) electrons. The Morgan fingerprint density at radius 3 is 2.20 bits per heavy atom. The maximum atomic E-state index is 8.88. The lowest BCUT2D eigenvalue weighted by Gasteiger charge is -2.25. The largest absolute Gasteiger partial charge is 0.395 e. The highest BCUT2D eigenvalue weighted by molar-refractivity contribution is 4.61. The van der Waals surface area contributed by atoms with Crippen molar-refractivity contribution >= 4 is 0 Å². The minimum absolute atomic E-state index is 0.226. The normalized spacial score (nSPS) is 12.0. The molecule has 0 aromatic rings. The molecule has 0 aliphatic rings. The topological polar surface area (TPSA) is 32.7 Å². The Balaban J connectivity index is 3.45. The van der Waals surface area contributed by atoms with Crippen LogP contribution in [0.4, 0.5) is 0 Å². The third-order valence-electron chi connectivity index (χ3n) is 2.48. The molecule has 0 aliphatic carbocycles. The molecule has 0 heterocycles. The highest BCUT2D eigenvalue weighted by Crippen LogP contribution is 2.00. The summed E-state index contributed by atoms with van der Waals surface area (Å²) in [6.45, 7) is 12.2. The van der Waals surface area contributed by atoms with Crippen LogP contribution in [0.3, 0.4) is 0 Å². The van der Waals surface area contributed by atoms with E-state index in [0.29, 0.717) is 12.0 Å². The molecule has 0 aromatic heterocycles. The summed E-state index contributed by atoms with van der Waals surface area (Å²) in [5.41, 5.74) is 0. The zero-order valence-electron chi connectivity index (χ0n) is 10.7. The Bertz CT molecular complexity index is 138. The van der Waals surface area contributed by atoms with Crippen LogP contribution in [0.2, 0.25) is 0 Å². The van der Waals surface area contributed by atoms with Crippen LogP contribution < -0.4 is 0 Å². The summed E-state index contributed by atoms with van der Waals surface area (Å²) in [6, 6.07) is 0.478. The lowest BCUT2D eigenvalue weighted by Crippen LogP contribution is -2.36. The quantitative estimate of drug-likeness (QED) is 0.597. The van der Waals surface area contributed by atoms with Crippen molar-refractivity contribution in [1.82, 2.24) is 4.90 Å². The number of nitrogens with zero attached hydrogens (tertiary/aromatic N) is 1. The highest BCUT2D eigenvalue weighted by Gasteiger charge is 2.07. The van der Waals surface area contributed by atoms with Gasteiger partial charge in [-0.2, -0.15) is 0 Å². The molecule has 0 fully saturated rings. The molecule has 0 amide bonds. The van der Waals surface area contributed by atoms with Crippen LogP contribution in [0.5, 0.6) is 0 Å². The molecule has 0 saturated carbocycles. The fourth-order valence-electron chi connectivity index (χ4n) is 1.36. The van der Waals surface area contributed by atoms with Crippen LogP contribution in [-0.2, 0) is 4.74 Å². The van der Waals surface area contributed by atoms with E-state index in [1.54, 1.807) is 0 Å². The van der Waals surface area contributed by atoms with Crippen molar-refractivity contribution in [2.24, 2.45) is 5.92 Å². The predicted octanol–water partition coefficient (Wildman–Crippen LogP) is 1.75. The average molecular weight is 217 g/mol. The summed E-state index contributed by atoms with van der Waals surface area (Å²) in [5, 5.41) is 8.88. The van der Waals surface area contributed by atoms with Crippen molar-refractivity contribution < 1.29 is 9.84 Å². The third kappa shape index (κ3) is 8.85. The van der Waals surface area contributed by atoms with E-state index in [9.17, 15) is 0 Å². The van der Waals surface area contributed by atoms with Gasteiger partial charge in [-0.1, -0.05) is 13.8 Å². The maximum absolute atomic E-state index is 8.88. The van der Waals surface area contributed by atoms with E-state index in [2.05, 4.69) is 32.6 Å². The molecule has 15 heavy (non-hydrogen) atoms. The van der Waals surface area contributed by atoms with Crippen LogP contribution >= 0.6 is 0 Å². The molecule has 3 heteroatoms. The molecular weight excluding hydrogens is 190 g/mol. The molecule has 1 N–H and O–H groups in total. The second-order valence-corrected chi connectivity index (χ2v) is 4.65. The van der Waals surface area contributed by atoms with E-state index in [-0.39, 0.29) is 6.61 Å². The first-order chi connectivity index (χ1) is 7.07. The zero-order chi connectivity index (χ0) is 11.7. The number of ether oxygens (including phenoxy) is 1. The van der Waals surface area contributed by atoms with E-state index in [1.807, 2.05) is 0 Å². The Morgan fingerprint density at radius 2 is 1.73 bits per heavy atom. The van der Waals surface area contributed by atoms with Crippen LogP contribution in [0.25, 0.3) is 0 Å². The molecule has 0 aromatic carbocycles. The second-order valence-electron chi connectivity index (χ2n) is 4.65. The lowest BCUT2D eigenvalue weighted by molar-refractivity contribution is 0.0778. The van der Waals surface area contributed by atoms with Gasteiger partial charge in [0, 0.05) is 25.7 Å². The number of aliphatic hydroxyl groups excluding tert-OH is 1. The Kier molecular flexibility index (Phi) is 9.06. The molecular formula is C12H27NO2. The Labute approximate surface area is 94.4 Å². The van der Waals surface area contributed by atoms with Crippen LogP contribution in [0.1, 0.15) is 34.1 Å². The summed E-state index contributed by atoms with van der Waals surface area (Å²) in [4.78, 5) is 2.23. The zero-order valence-corrected chi connectivity index (χ0v) is 10.7. The monoisotopic (exact) mass is 217 g/mol. The van der Waals surface area contributed by atoms with E-state index in [0.717, 1.165) is 32.7 Å². The predicted molar refractivity (Wildman–Crippen MR) is 64.1 cm³/mol. The first-order valence-electron chi connectivity index (χ1n) is 6.00. The summed E-state index contributed by atoms with van der Waals surface area (Å²) in [7, 11) is 0. The summed E-state index contributed by atoms with van der Waals surface area (Å²) in [6.07, 6.45) is 1.13. The Hall–Kier alpha value is -0.120. The number of rotatable bonds is 9. The number of aliphatic hydroxyl groups is 1. The van der Waals surface area contributed by atoms with E-state index in [4.69, 9.17) is 9.84 Å². The van der Waals surface area contributed by atoms with Gasteiger partial charge in [0.15, 0.2) is 0 Å². The molecule has 0 bridgehead atoms. The van der Waals surface area contributed by atoms with Gasteiger partial charge in [0.05, 0.1) is 13.2 Å². The van der Waals surface area contributed by atoms with Gasteiger partial charge in [-0.25, -0.2) is 0 Å². The molecule has 0 unspecified atom stereocenters. The first kappa shape index (κ1) is 14.9. The van der Waals surface area contributed by atoms with Crippen molar-refractivity contribution in [1.29, 1.82) is 0 Å². The molecule has 0 saturated heterocycles. The summed E-state index contributed by atoms with van der Waals surface area (Å²) < 4.78 is 5.55. The number of hydrogen-bond acceptors (Lipinski definition) is 3. The van der Waals surface area contributed by atoms with Crippen molar-refractivity contribution in [2.75, 3.05) is 32.9 Å². The summed E-state index contributed by atoms with van der Waals surface area (Å²) in [5.74, 6) is 0.712. The maximum Gasteiger partial charge on any atom is 0.0593 e. The summed E-state index contributed by atoms with van der Waals surface area (Å²) >= 11 is 0. The molecule has 3 nitrogen and oxygen atoms in total. The fraction of sp³-hybridized carbons (Fsp3) is 1.00. The van der Waals surface area contributed by atoms with Crippen LogP contribution in [0.15, 0.2) is 0 Å². The molecule has 92 valence electrons. The van der Waals surface area contributed by atoms with Gasteiger partial charge in [0.2, 0.25) is 0 Å². The number of hydrogen-bond donors (Lipinski definition) is 1. The minimum Gasteiger partial charge on any atom is -0.395 e. The van der Waals surface area contributed by atoms with Crippen molar-refractivity contribution in [3.63, 3.8) is 0 Å². The standard InChI is InChI=1S/C12H27NO2/c1-11(2)5-9-15-10-7-13(6-8-14)12(3)4/h11-12,14H,5-10H2,1-4H3. The van der Waals surface area contributed by atoms with Crippen molar-refractivity contribution in [3.05, 3.63) is 0 Å². The minimum atomic E-state index is 0.226. The molecule has 0 rings (SSSR count). The van der Waals surface area contributed by atoms with E-state index >= 15 is 0 Å². The van der Waals surface area contributed by atoms with Crippen LogP contribution in [0, 0.1) is 5.92 Å². The van der Waals surface area contributed by atoms with Gasteiger partial charge in [-0.15, -0.1) is 0 Å². The molecule has 0 atom stereocenters. The Morgan fingerprint density at radius 1 is 1.07 bits per heavy atom. The molecule has 0 spiro atoms. The van der Waals surface area contributed by atoms with Crippen molar-refractivity contribution in [2.45, 2.75) is 40.2 Å². The highest BCUT2D eigenvalue weighted by atomic mass is 16.5. The van der Waals surface area contributed by atoms with Gasteiger partial charge < -0.3 is 9.84 Å². The van der Waals surface area contributed by atoms with Gasteiger partial charge in [-0.05, 0) is 26.2 Å². The van der Waals surface area contributed by atoms with Crippen LogP contribution in [-0.4, -0.2) is 49.0 Å². The average Bonchev–Trinajstić information content (AvgIpc) is 2.15. The van der Waals surface area contributed by atoms with Gasteiger partial charge in [0.25, 0.3) is 0 Å². The van der Waals surface area contributed by atoms with Gasteiger partial charge >= 0.3 is 0 Å².